The van der Waals surface area contributed by atoms with E-state index >= 15 is 0 Å². The van der Waals surface area contributed by atoms with Crippen molar-refractivity contribution in [2.24, 2.45) is 0 Å². The number of hydrogen-bond donors (Lipinski definition) is 1. The molecular weight excluding hydrogens is 374 g/mol. The van der Waals surface area contributed by atoms with Gasteiger partial charge in [0, 0.05) is 19.2 Å². The second-order valence-electron chi connectivity index (χ2n) is 5.71. The van der Waals surface area contributed by atoms with E-state index in [4.69, 9.17) is 20.8 Å². The highest BCUT2D eigenvalue weighted by Crippen LogP contribution is 2.29. The van der Waals surface area contributed by atoms with Gasteiger partial charge in [0.2, 0.25) is 0 Å². The number of likely N-dealkylation sites (N-methyl/N-ethyl adjacent to an activating group) is 1. The van der Waals surface area contributed by atoms with Crippen LogP contribution >= 0.6 is 11.6 Å². The summed E-state index contributed by atoms with van der Waals surface area (Å²) in [4.78, 5) is 24.6. The molecule has 146 valence electrons. The van der Waals surface area contributed by atoms with Crippen molar-refractivity contribution in [1.29, 1.82) is 0 Å². The maximum atomic E-state index is 12.1. The number of carbonyl (C=O) groups excluding carboxylic acids is 1. The van der Waals surface area contributed by atoms with Gasteiger partial charge in [-0.2, -0.15) is 0 Å². The third-order valence-corrected chi connectivity index (χ3v) is 4.30. The Kier molecular flexibility index (Phi) is 7.63. The lowest BCUT2D eigenvalue weighted by Crippen LogP contribution is -2.34. The minimum Gasteiger partial charge on any atom is -0.484 e. The lowest BCUT2D eigenvalue weighted by atomic mass is 10.3. The van der Waals surface area contributed by atoms with E-state index < -0.39 is 4.92 Å². The number of ether oxygens (including phenoxy) is 1. The van der Waals surface area contributed by atoms with E-state index in [1.807, 2.05) is 0 Å². The molecule has 9 heteroatoms. The molecule has 2 aromatic rings. The van der Waals surface area contributed by atoms with Crippen LogP contribution in [0.1, 0.15) is 30.2 Å². The lowest BCUT2D eigenvalue weighted by Gasteiger charge is -2.17. The van der Waals surface area contributed by atoms with Crippen LogP contribution in [-0.4, -0.2) is 41.9 Å². The van der Waals surface area contributed by atoms with Gasteiger partial charge < -0.3 is 19.4 Å². The summed E-state index contributed by atoms with van der Waals surface area (Å²) in [5, 5.41) is 13.9. The van der Waals surface area contributed by atoms with Gasteiger partial charge >= 0.3 is 0 Å². The van der Waals surface area contributed by atoms with Crippen LogP contribution in [0.5, 0.6) is 5.75 Å². The zero-order valence-corrected chi connectivity index (χ0v) is 16.0. The van der Waals surface area contributed by atoms with Crippen LogP contribution in [0.25, 0.3) is 0 Å². The summed E-state index contributed by atoms with van der Waals surface area (Å²) in [7, 11) is 0. The molecule has 0 aliphatic carbocycles. The van der Waals surface area contributed by atoms with Crippen LogP contribution in [0.2, 0.25) is 5.02 Å². The highest BCUT2D eigenvalue weighted by atomic mass is 35.5. The van der Waals surface area contributed by atoms with Gasteiger partial charge in [-0.3, -0.25) is 14.9 Å². The maximum Gasteiger partial charge on any atom is 0.287 e. The predicted molar refractivity (Wildman–Crippen MR) is 101 cm³/mol. The lowest BCUT2D eigenvalue weighted by molar-refractivity contribution is -0.384. The molecule has 0 saturated heterocycles. The number of nitro benzene ring substituents is 1. The van der Waals surface area contributed by atoms with Gasteiger partial charge in [0.25, 0.3) is 11.6 Å². The number of furan rings is 1. The normalized spacial score (nSPS) is 10.8. The maximum absolute atomic E-state index is 12.1. The minimum absolute atomic E-state index is 0.00633. The molecule has 1 aromatic heterocycles. The number of rotatable bonds is 10. The molecule has 27 heavy (non-hydrogen) atoms. The molecule has 1 heterocycles. The highest BCUT2D eigenvalue weighted by molar-refractivity contribution is 6.32. The van der Waals surface area contributed by atoms with Crippen molar-refractivity contribution < 1.29 is 18.9 Å². The highest BCUT2D eigenvalue weighted by Gasteiger charge is 2.14. The van der Waals surface area contributed by atoms with Crippen molar-refractivity contribution >= 4 is 23.2 Å². The van der Waals surface area contributed by atoms with E-state index in [1.165, 1.54) is 18.2 Å². The van der Waals surface area contributed by atoms with E-state index in [2.05, 4.69) is 24.1 Å². The van der Waals surface area contributed by atoms with Crippen LogP contribution in [0.3, 0.4) is 0 Å². The number of benzene rings is 1. The molecule has 1 N–H and O–H groups in total. The Labute approximate surface area is 162 Å². The number of carbonyl (C=O) groups is 1. The number of nitrogens with zero attached hydrogens (tertiary/aromatic N) is 2. The van der Waals surface area contributed by atoms with Crippen LogP contribution in [-0.2, 0) is 6.61 Å². The van der Waals surface area contributed by atoms with Crippen molar-refractivity contribution in [2.45, 2.75) is 20.5 Å². The van der Waals surface area contributed by atoms with Crippen molar-refractivity contribution in [3.63, 3.8) is 0 Å². The number of non-ortho nitro benzene ring substituents is 1. The topological polar surface area (TPSA) is 97.9 Å². The Bertz CT molecular complexity index is 789. The molecule has 8 nitrogen and oxygen atoms in total. The van der Waals surface area contributed by atoms with E-state index in [-0.39, 0.29) is 34.7 Å². The van der Waals surface area contributed by atoms with Crippen LogP contribution in [0.4, 0.5) is 5.69 Å². The minimum atomic E-state index is -0.531. The first-order chi connectivity index (χ1) is 12.9. The fourth-order valence-corrected chi connectivity index (χ4v) is 2.57. The summed E-state index contributed by atoms with van der Waals surface area (Å²) >= 11 is 5.98. The third kappa shape index (κ3) is 5.97. The standard InChI is InChI=1S/C18H22ClN3O5/c1-3-21(4-2)10-9-20-18(23)16-8-6-14(27-16)12-26-17-11-13(22(24)25)5-7-15(17)19/h5-8,11H,3-4,9-10,12H2,1-2H3,(H,20,23). The van der Waals surface area contributed by atoms with Crippen LogP contribution < -0.4 is 10.1 Å². The molecule has 1 amide bonds. The number of nitro groups is 1. The molecule has 0 fully saturated rings. The van der Waals surface area contributed by atoms with Crippen LogP contribution in [0, 0.1) is 10.1 Å². The second kappa shape index (κ2) is 9.94. The molecule has 0 atom stereocenters. The zero-order valence-electron chi connectivity index (χ0n) is 15.2. The molecule has 0 spiro atoms. The monoisotopic (exact) mass is 395 g/mol. The molecule has 0 bridgehead atoms. The van der Waals surface area contributed by atoms with Crippen molar-refractivity contribution in [1.82, 2.24) is 10.2 Å². The van der Waals surface area contributed by atoms with Gasteiger partial charge in [-0.15, -0.1) is 0 Å². The first kappa shape index (κ1) is 20.7. The third-order valence-electron chi connectivity index (χ3n) is 3.99. The molecule has 0 aliphatic rings. The van der Waals surface area contributed by atoms with Gasteiger partial charge in [0.15, 0.2) is 5.76 Å². The average molecular weight is 396 g/mol. The molecule has 2 rings (SSSR count). The van der Waals surface area contributed by atoms with Crippen molar-refractivity contribution in [2.75, 3.05) is 26.2 Å². The molecule has 0 radical (unpaired) electrons. The Morgan fingerprint density at radius 3 is 2.70 bits per heavy atom. The van der Waals surface area contributed by atoms with Gasteiger partial charge in [-0.1, -0.05) is 25.4 Å². The number of halogens is 1. The Morgan fingerprint density at radius 1 is 1.30 bits per heavy atom. The summed E-state index contributed by atoms with van der Waals surface area (Å²) in [5.41, 5.74) is -0.123. The molecule has 1 aromatic carbocycles. The smallest absolute Gasteiger partial charge is 0.287 e. The summed E-state index contributed by atoms with van der Waals surface area (Å²) in [5.74, 6) is 0.457. The van der Waals surface area contributed by atoms with Gasteiger partial charge in [0.1, 0.15) is 18.1 Å². The van der Waals surface area contributed by atoms with Crippen molar-refractivity contribution in [3.05, 3.63) is 57.0 Å². The number of amides is 1. The van der Waals surface area contributed by atoms with Gasteiger partial charge in [0.05, 0.1) is 16.0 Å². The average Bonchev–Trinajstić information content (AvgIpc) is 3.13. The predicted octanol–water partition coefficient (Wildman–Crippen LogP) is 3.49. The Balaban J connectivity index is 1.90. The molecule has 0 saturated carbocycles. The molecular formula is C18H22ClN3O5. The van der Waals surface area contributed by atoms with E-state index in [0.717, 1.165) is 19.6 Å². The fraction of sp³-hybridized carbons (Fsp3) is 0.389. The second-order valence-corrected chi connectivity index (χ2v) is 6.12. The summed E-state index contributed by atoms with van der Waals surface area (Å²) in [6.07, 6.45) is 0. The Morgan fingerprint density at radius 2 is 2.04 bits per heavy atom. The number of nitrogens with one attached hydrogen (secondary N) is 1. The Hall–Kier alpha value is -2.58. The van der Waals surface area contributed by atoms with Crippen LogP contribution in [0.15, 0.2) is 34.7 Å². The first-order valence-corrected chi connectivity index (χ1v) is 8.98. The van der Waals surface area contributed by atoms with E-state index in [9.17, 15) is 14.9 Å². The summed E-state index contributed by atoms with van der Waals surface area (Å²) in [6.45, 7) is 7.27. The SMILES string of the molecule is CCN(CC)CCNC(=O)c1ccc(COc2cc([N+](=O)[O-])ccc2Cl)o1. The zero-order chi connectivity index (χ0) is 19.8. The van der Waals surface area contributed by atoms with Gasteiger partial charge in [-0.25, -0.2) is 0 Å². The van der Waals surface area contributed by atoms with Gasteiger partial charge in [-0.05, 0) is 31.3 Å². The fourth-order valence-electron chi connectivity index (χ4n) is 2.40. The summed E-state index contributed by atoms with van der Waals surface area (Å²) < 4.78 is 10.9. The summed E-state index contributed by atoms with van der Waals surface area (Å²) in [6, 6.07) is 7.10. The van der Waals surface area contributed by atoms with E-state index in [1.54, 1.807) is 12.1 Å². The molecule has 0 aliphatic heterocycles. The quantitative estimate of drug-likeness (QED) is 0.488. The number of hydrogen-bond acceptors (Lipinski definition) is 6. The van der Waals surface area contributed by atoms with Crippen molar-refractivity contribution in [3.8, 4) is 5.75 Å². The molecule has 0 unspecified atom stereocenters. The van der Waals surface area contributed by atoms with E-state index in [0.29, 0.717) is 12.3 Å². The first-order valence-electron chi connectivity index (χ1n) is 8.60. The largest absolute Gasteiger partial charge is 0.484 e.